The molecule has 0 aromatic carbocycles. The van der Waals surface area contributed by atoms with Gasteiger partial charge in [-0.25, -0.2) is 4.98 Å². The minimum absolute atomic E-state index is 0.329. The van der Waals surface area contributed by atoms with E-state index in [4.69, 9.17) is 5.73 Å². The Kier molecular flexibility index (Phi) is 1.85. The molecule has 2 aliphatic heterocycles. The number of imidazole rings is 1. The zero-order valence-corrected chi connectivity index (χ0v) is 8.29. The Bertz CT molecular complexity index is 355. The topological polar surface area (TPSA) is 55.9 Å². The van der Waals surface area contributed by atoms with Crippen molar-refractivity contribution in [1.82, 2.24) is 14.9 Å². The van der Waals surface area contributed by atoms with Gasteiger partial charge in [0.05, 0.1) is 5.69 Å². The molecule has 3 rings (SSSR count). The van der Waals surface area contributed by atoms with Crippen LogP contribution in [0.1, 0.15) is 23.6 Å². The van der Waals surface area contributed by atoms with Crippen LogP contribution in [-0.4, -0.2) is 22.1 Å². The molecule has 0 bridgehead atoms. The molecule has 3 heterocycles. The minimum atomic E-state index is 0.329. The smallest absolute Gasteiger partial charge is 0.109 e. The first-order chi connectivity index (χ1) is 6.84. The summed E-state index contributed by atoms with van der Waals surface area (Å²) >= 11 is 0. The Morgan fingerprint density at radius 1 is 1.43 bits per heavy atom. The van der Waals surface area contributed by atoms with Crippen LogP contribution in [0.2, 0.25) is 0 Å². The average molecular weight is 192 g/mol. The van der Waals surface area contributed by atoms with Crippen molar-refractivity contribution in [3.05, 3.63) is 17.2 Å². The van der Waals surface area contributed by atoms with E-state index in [0.29, 0.717) is 6.04 Å². The van der Waals surface area contributed by atoms with Crippen LogP contribution in [0.15, 0.2) is 0 Å². The number of aromatic nitrogens is 2. The highest BCUT2D eigenvalue weighted by molar-refractivity contribution is 5.21. The van der Waals surface area contributed by atoms with Gasteiger partial charge in [0.2, 0.25) is 0 Å². The van der Waals surface area contributed by atoms with Gasteiger partial charge in [0.25, 0.3) is 0 Å². The van der Waals surface area contributed by atoms with Gasteiger partial charge in [-0.15, -0.1) is 0 Å². The molecule has 0 fully saturated rings. The largest absolute Gasteiger partial charge is 0.330 e. The number of fused-ring (bicyclic) bond motifs is 3. The van der Waals surface area contributed by atoms with Crippen LogP contribution in [-0.2, 0) is 25.9 Å². The molecule has 0 aliphatic carbocycles. The first-order valence-electron chi connectivity index (χ1n) is 5.38. The van der Waals surface area contributed by atoms with Crippen LogP contribution >= 0.6 is 0 Å². The molecule has 14 heavy (non-hydrogen) atoms. The number of hydrogen-bond acceptors (Lipinski definition) is 3. The molecule has 1 aromatic heterocycles. The summed E-state index contributed by atoms with van der Waals surface area (Å²) in [5, 5.41) is 3.35. The fourth-order valence-corrected chi connectivity index (χ4v) is 2.47. The lowest BCUT2D eigenvalue weighted by atomic mass is 10.1. The van der Waals surface area contributed by atoms with Crippen molar-refractivity contribution in [2.45, 2.75) is 38.4 Å². The normalized spacial score (nSPS) is 25.6. The summed E-state index contributed by atoms with van der Waals surface area (Å²) in [4.78, 5) is 4.67. The summed E-state index contributed by atoms with van der Waals surface area (Å²) in [6.45, 7) is 2.98. The molecule has 2 aliphatic rings. The van der Waals surface area contributed by atoms with Crippen LogP contribution in [0.25, 0.3) is 0 Å². The lowest BCUT2D eigenvalue weighted by Gasteiger charge is -2.23. The molecular formula is C10H16N4. The van der Waals surface area contributed by atoms with Crippen molar-refractivity contribution < 1.29 is 0 Å². The Morgan fingerprint density at radius 2 is 2.36 bits per heavy atom. The number of hydrogen-bond donors (Lipinski definition) is 2. The number of aryl methyl sites for hydroxylation is 1. The third kappa shape index (κ3) is 1.18. The maximum atomic E-state index is 5.98. The quantitative estimate of drug-likeness (QED) is 0.598. The summed E-state index contributed by atoms with van der Waals surface area (Å²) in [6, 6.07) is 0.329. The van der Waals surface area contributed by atoms with Gasteiger partial charge in [0.1, 0.15) is 5.82 Å². The highest BCUT2D eigenvalue weighted by Crippen LogP contribution is 2.21. The molecule has 1 unspecified atom stereocenters. The fourth-order valence-electron chi connectivity index (χ4n) is 2.47. The maximum Gasteiger partial charge on any atom is 0.109 e. The Balaban J connectivity index is 2.05. The predicted octanol–water partition coefficient (Wildman–Crippen LogP) is -0.198. The lowest BCUT2D eigenvalue weighted by Crippen LogP contribution is -2.33. The van der Waals surface area contributed by atoms with Crippen LogP contribution in [0.5, 0.6) is 0 Å². The first kappa shape index (κ1) is 8.44. The number of nitrogens with zero attached hydrogens (tertiary/aromatic N) is 2. The average Bonchev–Trinajstić information content (AvgIpc) is 2.56. The molecule has 76 valence electrons. The predicted molar refractivity (Wildman–Crippen MR) is 53.9 cm³/mol. The molecule has 0 saturated heterocycles. The lowest BCUT2D eigenvalue weighted by molar-refractivity contribution is 0.441. The zero-order valence-electron chi connectivity index (χ0n) is 8.29. The third-order valence-electron chi connectivity index (χ3n) is 3.22. The molecule has 4 nitrogen and oxygen atoms in total. The van der Waals surface area contributed by atoms with Crippen molar-refractivity contribution in [1.29, 1.82) is 0 Å². The van der Waals surface area contributed by atoms with E-state index in [1.54, 1.807) is 0 Å². The molecular weight excluding hydrogens is 176 g/mol. The van der Waals surface area contributed by atoms with E-state index in [1.807, 2.05) is 0 Å². The minimum Gasteiger partial charge on any atom is -0.330 e. The summed E-state index contributed by atoms with van der Waals surface area (Å²) in [6.07, 6.45) is 3.24. The maximum absolute atomic E-state index is 5.98. The summed E-state index contributed by atoms with van der Waals surface area (Å²) in [7, 11) is 0. The van der Waals surface area contributed by atoms with E-state index in [9.17, 15) is 0 Å². The van der Waals surface area contributed by atoms with Gasteiger partial charge in [-0.2, -0.15) is 0 Å². The van der Waals surface area contributed by atoms with E-state index < -0.39 is 0 Å². The number of nitrogens with two attached hydrogens (primary N) is 1. The van der Waals surface area contributed by atoms with E-state index in [1.165, 1.54) is 17.2 Å². The molecule has 0 saturated carbocycles. The molecule has 0 spiro atoms. The first-order valence-corrected chi connectivity index (χ1v) is 5.38. The van der Waals surface area contributed by atoms with Crippen LogP contribution in [0, 0.1) is 0 Å². The second kappa shape index (κ2) is 3.07. The van der Waals surface area contributed by atoms with Gasteiger partial charge < -0.3 is 15.6 Å². The van der Waals surface area contributed by atoms with Crippen LogP contribution in [0.3, 0.4) is 0 Å². The van der Waals surface area contributed by atoms with Crippen molar-refractivity contribution in [2.24, 2.45) is 5.73 Å². The van der Waals surface area contributed by atoms with E-state index in [2.05, 4.69) is 14.9 Å². The summed E-state index contributed by atoms with van der Waals surface area (Å²) < 4.78 is 2.35. The van der Waals surface area contributed by atoms with Crippen LogP contribution < -0.4 is 11.1 Å². The Morgan fingerprint density at radius 3 is 3.29 bits per heavy atom. The number of nitrogens with one attached hydrogen (secondary N) is 1. The van der Waals surface area contributed by atoms with Crippen LogP contribution in [0.4, 0.5) is 0 Å². The van der Waals surface area contributed by atoms with Gasteiger partial charge in [0, 0.05) is 44.2 Å². The SMILES string of the molecule is NC1CCc2nc3c(n2C1)CCNC3. The third-order valence-corrected chi connectivity index (χ3v) is 3.22. The van der Waals surface area contributed by atoms with Crippen molar-refractivity contribution in [3.63, 3.8) is 0 Å². The van der Waals surface area contributed by atoms with Gasteiger partial charge >= 0.3 is 0 Å². The molecule has 3 N–H and O–H groups in total. The van der Waals surface area contributed by atoms with Gasteiger partial charge in [-0.3, -0.25) is 0 Å². The van der Waals surface area contributed by atoms with E-state index in [0.717, 1.165) is 38.9 Å². The van der Waals surface area contributed by atoms with Gasteiger partial charge in [0.15, 0.2) is 0 Å². The number of rotatable bonds is 0. The van der Waals surface area contributed by atoms with Gasteiger partial charge in [-0.1, -0.05) is 0 Å². The molecule has 0 amide bonds. The highest BCUT2D eigenvalue weighted by atomic mass is 15.1. The Labute approximate surface area is 83.5 Å². The molecule has 0 radical (unpaired) electrons. The zero-order chi connectivity index (χ0) is 9.54. The van der Waals surface area contributed by atoms with Gasteiger partial charge in [-0.05, 0) is 6.42 Å². The standard InChI is InChI=1S/C10H16N4/c11-7-1-2-10-13-8-5-12-4-3-9(8)14(10)6-7/h7,12H,1-6,11H2. The summed E-state index contributed by atoms with van der Waals surface area (Å²) in [5.74, 6) is 1.25. The van der Waals surface area contributed by atoms with Crippen molar-refractivity contribution >= 4 is 0 Å². The Hall–Kier alpha value is -0.870. The molecule has 1 aromatic rings. The second-order valence-corrected chi connectivity index (χ2v) is 4.26. The molecule has 1 atom stereocenters. The molecule has 4 heteroatoms. The summed E-state index contributed by atoms with van der Waals surface area (Å²) in [5.41, 5.74) is 8.65. The van der Waals surface area contributed by atoms with Crippen molar-refractivity contribution in [3.8, 4) is 0 Å². The monoisotopic (exact) mass is 192 g/mol. The van der Waals surface area contributed by atoms with Crippen molar-refractivity contribution in [2.75, 3.05) is 6.54 Å². The highest BCUT2D eigenvalue weighted by Gasteiger charge is 2.23. The van der Waals surface area contributed by atoms with E-state index >= 15 is 0 Å². The second-order valence-electron chi connectivity index (χ2n) is 4.26. The fraction of sp³-hybridized carbons (Fsp3) is 0.700. The van der Waals surface area contributed by atoms with E-state index in [-0.39, 0.29) is 0 Å².